The van der Waals surface area contributed by atoms with Gasteiger partial charge in [0.2, 0.25) is 11.8 Å². The monoisotopic (exact) mass is 1090 g/mol. The van der Waals surface area contributed by atoms with E-state index in [-0.39, 0.29) is 66.6 Å². The van der Waals surface area contributed by atoms with Gasteiger partial charge in [0.25, 0.3) is 0 Å². The Balaban J connectivity index is 0.819. The molecule has 3 aliphatic heterocycles. The summed E-state index contributed by atoms with van der Waals surface area (Å²) in [5.74, 6) is 0.0238. The molecule has 20 heteroatoms. The van der Waals surface area contributed by atoms with E-state index in [1.54, 1.807) is 41.5 Å². The van der Waals surface area contributed by atoms with Gasteiger partial charge < -0.3 is 39.8 Å². The van der Waals surface area contributed by atoms with Crippen LogP contribution >= 0.6 is 11.6 Å². The quantitative estimate of drug-likeness (QED) is 0.0597. The number of H-pyrrole nitrogens is 1. The molecular formula is C59H62ClFN12O6. The Hall–Kier alpha value is -7.58. The number of ether oxygens (including phenoxy) is 3. The Kier molecular flexibility index (Phi) is 14.5. The number of halogens is 2. The maximum Gasteiger partial charge on any atom is 0.319 e. The summed E-state index contributed by atoms with van der Waals surface area (Å²) in [6.07, 6.45) is 10.7. The molecule has 408 valence electrons. The van der Waals surface area contributed by atoms with E-state index in [1.165, 1.54) is 6.07 Å². The van der Waals surface area contributed by atoms with Crippen LogP contribution in [-0.4, -0.2) is 126 Å². The van der Waals surface area contributed by atoms with Crippen molar-refractivity contribution in [2.45, 2.75) is 102 Å². The normalized spacial score (nSPS) is 19.2. The van der Waals surface area contributed by atoms with Gasteiger partial charge in [0, 0.05) is 84.8 Å². The molecule has 5 unspecified atom stereocenters. The zero-order valence-corrected chi connectivity index (χ0v) is 45.2. The molecule has 4 aromatic carbocycles. The second-order valence-electron chi connectivity index (χ2n) is 21.6. The largest absolute Gasteiger partial charge is 0.486 e. The van der Waals surface area contributed by atoms with E-state index < -0.39 is 23.9 Å². The average molecular weight is 1090 g/mol. The minimum atomic E-state index is -0.738. The van der Waals surface area contributed by atoms with E-state index in [4.69, 9.17) is 35.8 Å². The minimum absolute atomic E-state index is 0.0427. The van der Waals surface area contributed by atoms with Crippen LogP contribution in [0, 0.1) is 11.7 Å². The van der Waals surface area contributed by atoms with Gasteiger partial charge >= 0.3 is 6.01 Å². The number of pyridine rings is 1. The zero-order chi connectivity index (χ0) is 54.5. The standard InChI is InChI=1S/C59H62ClFN12O6/c1-32(2)54(58(76)71-21-5-6-49(71)57(75)65-48(29-74)39-15-11-35(12-16-39)36-17-19-62-20-18-36)73-28-47(69-70-73)38-9-7-34(8-10-38)31-78-55-51(50-44-26-64-68-46(44)24-45(61)52(50)60)42(37-13-14-37)23-43-53(55)66-59(79-30-33(3)77-4)67-56(43)72-27-40-22-41(72)25-63-40/h7-12,15-20,23-24,26,28,32-33,37,40-41,48-49,54,63,74H,5-6,13-14,21-22,25,27,29-31H2,1-4H3,(H,64,68)(H,65,75)/t33-,40?,41?,48?,49?,54?/m0/s1. The van der Waals surface area contributed by atoms with Crippen molar-refractivity contribution in [2.24, 2.45) is 5.92 Å². The zero-order valence-electron chi connectivity index (χ0n) is 44.4. The number of anilines is 1. The van der Waals surface area contributed by atoms with Gasteiger partial charge in [0.15, 0.2) is 5.75 Å². The van der Waals surface area contributed by atoms with Crippen molar-refractivity contribution in [1.29, 1.82) is 0 Å². The van der Waals surface area contributed by atoms with Gasteiger partial charge in [-0.25, -0.2) is 9.07 Å². The van der Waals surface area contributed by atoms with E-state index in [0.717, 1.165) is 76.9 Å². The molecule has 2 bridgehead atoms. The van der Waals surface area contributed by atoms with Crippen molar-refractivity contribution in [3.05, 3.63) is 125 Å². The molecule has 7 heterocycles. The summed E-state index contributed by atoms with van der Waals surface area (Å²) in [6.45, 7) is 7.85. The number of benzene rings is 4. The second kappa shape index (κ2) is 21.9. The van der Waals surface area contributed by atoms with Crippen LogP contribution in [0.5, 0.6) is 11.8 Å². The number of likely N-dealkylation sites (tertiary alicyclic amines) is 1. The first kappa shape index (κ1) is 52.1. The molecule has 4 aromatic heterocycles. The van der Waals surface area contributed by atoms with Crippen molar-refractivity contribution in [1.82, 2.24) is 55.7 Å². The summed E-state index contributed by atoms with van der Waals surface area (Å²) in [5, 5.41) is 34.7. The van der Waals surface area contributed by atoms with Crippen molar-refractivity contribution in [3.8, 4) is 45.3 Å². The highest BCUT2D eigenvalue weighted by atomic mass is 35.5. The van der Waals surface area contributed by atoms with Gasteiger partial charge in [-0.2, -0.15) is 15.1 Å². The number of amides is 2. The summed E-state index contributed by atoms with van der Waals surface area (Å²) in [4.78, 5) is 46.8. The lowest BCUT2D eigenvalue weighted by atomic mass is 9.91. The molecule has 18 nitrogen and oxygen atoms in total. The molecule has 1 saturated carbocycles. The number of aliphatic hydroxyl groups excluding tert-OH is 1. The van der Waals surface area contributed by atoms with E-state index >= 15 is 4.39 Å². The van der Waals surface area contributed by atoms with Crippen molar-refractivity contribution in [2.75, 3.05) is 44.9 Å². The number of hydrogen-bond donors (Lipinski definition) is 4. The predicted molar refractivity (Wildman–Crippen MR) is 297 cm³/mol. The van der Waals surface area contributed by atoms with Crippen molar-refractivity contribution in [3.63, 3.8) is 0 Å². The molecule has 0 radical (unpaired) electrons. The van der Waals surface area contributed by atoms with Gasteiger partial charge in [0.1, 0.15) is 48.1 Å². The third-order valence-electron chi connectivity index (χ3n) is 16.0. The average Bonchev–Trinajstić information content (AvgIpc) is 4.29. The summed E-state index contributed by atoms with van der Waals surface area (Å²) in [5.41, 5.74) is 8.01. The van der Waals surface area contributed by atoms with Gasteiger partial charge in [0.05, 0.1) is 41.7 Å². The first-order valence-electron chi connectivity index (χ1n) is 27.2. The van der Waals surface area contributed by atoms with Crippen LogP contribution in [0.1, 0.15) is 87.6 Å². The first-order chi connectivity index (χ1) is 38.4. The number of aliphatic hydroxyl groups is 1. The number of nitrogens with zero attached hydrogens (tertiary/aromatic N) is 9. The summed E-state index contributed by atoms with van der Waals surface area (Å²) in [6, 6.07) is 21.4. The highest BCUT2D eigenvalue weighted by Crippen LogP contribution is 2.54. The number of methoxy groups -OCH3 is 1. The fourth-order valence-corrected chi connectivity index (χ4v) is 11.8. The summed E-state index contributed by atoms with van der Waals surface area (Å²) in [7, 11) is 1.63. The van der Waals surface area contributed by atoms with Gasteiger partial charge in [-0.05, 0) is 96.9 Å². The van der Waals surface area contributed by atoms with E-state index in [2.05, 4.69) is 47.1 Å². The smallest absolute Gasteiger partial charge is 0.319 e. The van der Waals surface area contributed by atoms with E-state index in [9.17, 15) is 14.7 Å². The van der Waals surface area contributed by atoms with Crippen LogP contribution in [-0.2, 0) is 20.9 Å². The molecule has 4 fully saturated rings. The van der Waals surface area contributed by atoms with Crippen LogP contribution in [0.3, 0.4) is 0 Å². The summed E-state index contributed by atoms with van der Waals surface area (Å²) < 4.78 is 36.4. The number of hydrogen-bond acceptors (Lipinski definition) is 14. The lowest BCUT2D eigenvalue weighted by Gasteiger charge is -2.30. The molecule has 2 amide bonds. The molecule has 12 rings (SSSR count). The van der Waals surface area contributed by atoms with Crippen LogP contribution in [0.4, 0.5) is 10.2 Å². The molecule has 79 heavy (non-hydrogen) atoms. The molecule has 0 spiro atoms. The third kappa shape index (κ3) is 10.2. The molecule has 8 aromatic rings. The molecular weight excluding hydrogens is 1030 g/mol. The molecule has 4 aliphatic rings. The number of carbonyl (C=O) groups excluding carboxylic acids is 2. The SMILES string of the molecule is CO[C@@H](C)COc1nc(N2CC3CC2CN3)c2cc(C3CC3)c(-c3c(Cl)c(F)cc4[nH]ncc34)c(OCc3ccc(-c4cn(C(C(=O)N5CCCC5C(=O)NC(CO)c5ccc(-c6ccncc6)cc5)C(C)C)nn4)cc3)c2n1. The van der Waals surface area contributed by atoms with Crippen molar-refractivity contribution >= 4 is 51.0 Å². The van der Waals surface area contributed by atoms with E-state index in [0.29, 0.717) is 64.4 Å². The fourth-order valence-electron chi connectivity index (χ4n) is 11.6. The number of piperazine rings is 1. The van der Waals surface area contributed by atoms with Crippen LogP contribution < -0.4 is 25.0 Å². The maximum atomic E-state index is 16.0. The number of rotatable bonds is 19. The van der Waals surface area contributed by atoms with Crippen molar-refractivity contribution < 1.29 is 33.3 Å². The Labute approximate surface area is 461 Å². The van der Waals surface area contributed by atoms with Crippen LogP contribution in [0.2, 0.25) is 5.02 Å². The predicted octanol–water partition coefficient (Wildman–Crippen LogP) is 8.74. The molecule has 1 aliphatic carbocycles. The van der Waals surface area contributed by atoms with Gasteiger partial charge in [-0.1, -0.05) is 79.2 Å². The Morgan fingerprint density at radius 3 is 2.42 bits per heavy atom. The number of fused-ring (bicyclic) bond motifs is 4. The number of aromatic amines is 1. The summed E-state index contributed by atoms with van der Waals surface area (Å²) >= 11 is 7.03. The number of nitrogens with one attached hydrogen (secondary N) is 3. The molecule has 6 atom stereocenters. The highest BCUT2D eigenvalue weighted by Gasteiger charge is 2.42. The van der Waals surface area contributed by atoms with Crippen LogP contribution in [0.15, 0.2) is 97.6 Å². The highest BCUT2D eigenvalue weighted by molar-refractivity contribution is 6.35. The fraction of sp³-hybridized carbons (Fsp3) is 0.390. The topological polar surface area (TPSA) is 211 Å². The van der Waals surface area contributed by atoms with Crippen LogP contribution in [0.25, 0.3) is 55.3 Å². The number of carbonyl (C=O) groups is 2. The third-order valence-corrected chi connectivity index (χ3v) is 16.4. The Morgan fingerprint density at radius 1 is 0.937 bits per heavy atom. The van der Waals surface area contributed by atoms with E-state index in [1.807, 2.05) is 81.4 Å². The number of aromatic nitrogens is 8. The first-order valence-corrected chi connectivity index (χ1v) is 27.5. The Morgan fingerprint density at radius 2 is 1.71 bits per heavy atom. The maximum absolute atomic E-state index is 16.0. The lowest BCUT2D eigenvalue weighted by Crippen LogP contribution is -2.50. The Bertz CT molecular complexity index is 3540. The second-order valence-corrected chi connectivity index (χ2v) is 22.0. The molecule has 4 N–H and O–H groups in total. The van der Waals surface area contributed by atoms with Gasteiger partial charge in [-0.3, -0.25) is 19.7 Å². The lowest BCUT2D eigenvalue weighted by molar-refractivity contribution is -0.142. The molecule has 3 saturated heterocycles. The minimum Gasteiger partial charge on any atom is -0.486 e. The van der Waals surface area contributed by atoms with Gasteiger partial charge in [-0.15, -0.1) is 5.10 Å².